The van der Waals surface area contributed by atoms with Crippen LogP contribution in [0.15, 0.2) is 42.7 Å². The van der Waals surface area contributed by atoms with Crippen molar-refractivity contribution in [2.45, 2.75) is 31.1 Å². The molecule has 0 aliphatic carbocycles. The molecular formula is C32H34FN7O4. The van der Waals surface area contributed by atoms with Crippen molar-refractivity contribution < 1.29 is 23.4 Å². The molecule has 4 aliphatic heterocycles. The van der Waals surface area contributed by atoms with Crippen molar-refractivity contribution in [1.82, 2.24) is 29.5 Å². The Labute approximate surface area is 253 Å². The van der Waals surface area contributed by atoms with Gasteiger partial charge < -0.3 is 24.8 Å². The van der Waals surface area contributed by atoms with Crippen LogP contribution in [0.5, 0.6) is 11.6 Å². The molecule has 3 aromatic heterocycles. The highest BCUT2D eigenvalue weighted by Crippen LogP contribution is 2.43. The predicted octanol–water partition coefficient (Wildman–Crippen LogP) is 3.41. The molecule has 7 heterocycles. The van der Waals surface area contributed by atoms with Gasteiger partial charge in [0.15, 0.2) is 0 Å². The van der Waals surface area contributed by atoms with Gasteiger partial charge in [-0.15, -0.1) is 0 Å². The van der Waals surface area contributed by atoms with E-state index in [-0.39, 0.29) is 29.9 Å². The highest BCUT2D eigenvalue weighted by atomic mass is 19.1. The fourth-order valence-electron chi connectivity index (χ4n) is 6.65. The lowest BCUT2D eigenvalue weighted by molar-refractivity contribution is 0.0295. The van der Waals surface area contributed by atoms with Gasteiger partial charge in [-0.2, -0.15) is 4.98 Å². The van der Waals surface area contributed by atoms with Gasteiger partial charge in [-0.25, -0.2) is 9.37 Å². The molecule has 3 saturated heterocycles. The van der Waals surface area contributed by atoms with Gasteiger partial charge in [0.2, 0.25) is 5.88 Å². The number of likely N-dealkylation sites (tertiary alicyclic amines) is 2. The van der Waals surface area contributed by atoms with Crippen LogP contribution in [0.3, 0.4) is 0 Å². The summed E-state index contributed by atoms with van der Waals surface area (Å²) in [5, 5.41) is 6.40. The van der Waals surface area contributed by atoms with E-state index in [2.05, 4.69) is 39.5 Å². The summed E-state index contributed by atoms with van der Waals surface area (Å²) in [6.07, 6.45) is 4.35. The SMILES string of the molecule is CN1CC(Oc2cc(Nc3ccc(-c4cnc5cc(F)ccn45)c4c3C(=O)NC4)nc(OC3CN(C)C3)c2[C@@H]2CCOC2)C1. The van der Waals surface area contributed by atoms with E-state index in [1.165, 1.54) is 12.1 Å². The van der Waals surface area contributed by atoms with Crippen LogP contribution < -0.4 is 20.1 Å². The molecule has 0 radical (unpaired) electrons. The van der Waals surface area contributed by atoms with E-state index < -0.39 is 0 Å². The van der Waals surface area contributed by atoms with E-state index in [0.717, 1.165) is 60.7 Å². The van der Waals surface area contributed by atoms with Crippen LogP contribution in [-0.2, 0) is 11.3 Å². The third-order valence-corrected chi connectivity index (χ3v) is 8.94. The first-order chi connectivity index (χ1) is 21.4. The van der Waals surface area contributed by atoms with E-state index in [1.54, 1.807) is 12.4 Å². The summed E-state index contributed by atoms with van der Waals surface area (Å²) < 4.78 is 34.5. The van der Waals surface area contributed by atoms with Gasteiger partial charge in [-0.3, -0.25) is 19.0 Å². The number of ether oxygens (including phenoxy) is 3. The lowest BCUT2D eigenvalue weighted by Crippen LogP contribution is -2.52. The van der Waals surface area contributed by atoms with Crippen LogP contribution in [0.25, 0.3) is 16.9 Å². The van der Waals surface area contributed by atoms with Crippen LogP contribution in [0.2, 0.25) is 0 Å². The summed E-state index contributed by atoms with van der Waals surface area (Å²) in [5.41, 5.74) is 5.10. The molecule has 228 valence electrons. The van der Waals surface area contributed by atoms with Gasteiger partial charge in [0, 0.05) is 69.1 Å². The molecule has 1 amide bonds. The number of likely N-dealkylation sites (N-methyl/N-ethyl adjacent to an activating group) is 2. The van der Waals surface area contributed by atoms with E-state index in [9.17, 15) is 9.18 Å². The van der Waals surface area contributed by atoms with Crippen LogP contribution in [0.1, 0.15) is 33.8 Å². The van der Waals surface area contributed by atoms with E-state index >= 15 is 0 Å². The van der Waals surface area contributed by atoms with Crippen molar-refractivity contribution in [3.8, 4) is 22.9 Å². The number of imidazole rings is 1. The number of benzene rings is 1. The van der Waals surface area contributed by atoms with Crippen LogP contribution >= 0.6 is 0 Å². The fourth-order valence-corrected chi connectivity index (χ4v) is 6.65. The number of hydrogen-bond acceptors (Lipinski definition) is 9. The maximum absolute atomic E-state index is 13.8. The Kier molecular flexibility index (Phi) is 6.65. The molecule has 4 aliphatic rings. The third-order valence-electron chi connectivity index (χ3n) is 8.94. The van der Waals surface area contributed by atoms with Gasteiger partial charge in [0.25, 0.3) is 5.91 Å². The Morgan fingerprint density at radius 1 is 1.07 bits per heavy atom. The van der Waals surface area contributed by atoms with Gasteiger partial charge in [0.1, 0.15) is 35.2 Å². The lowest BCUT2D eigenvalue weighted by Gasteiger charge is -2.38. The Morgan fingerprint density at radius 2 is 1.86 bits per heavy atom. The number of amides is 1. The summed E-state index contributed by atoms with van der Waals surface area (Å²) in [4.78, 5) is 27.0. The van der Waals surface area contributed by atoms with E-state index in [1.807, 2.05) is 22.6 Å². The number of carbonyl (C=O) groups excluding carboxylic acids is 1. The van der Waals surface area contributed by atoms with Crippen molar-refractivity contribution >= 4 is 23.1 Å². The number of pyridine rings is 2. The number of carbonyl (C=O) groups is 1. The standard InChI is InChI=1S/C32H34FN7O4/c1-38-13-20(14-38)43-26-10-27(37-32(44-21-15-39(2)16-21)29(26)18-6-8-42-17-18)36-24-4-3-22(23-11-35-31(41)30(23)24)25-12-34-28-9-19(33)5-7-40(25)28/h3-5,7,9-10,12,18,20-21H,6,8,11,13-17H2,1-2H3,(H,35,41)(H,36,37)/t18-/m1/s1. The molecule has 1 atom stereocenters. The number of halogens is 1. The highest BCUT2D eigenvalue weighted by molar-refractivity contribution is 6.06. The molecule has 4 aromatic rings. The van der Waals surface area contributed by atoms with Crippen LogP contribution in [0.4, 0.5) is 15.9 Å². The second-order valence-electron chi connectivity index (χ2n) is 12.2. The first-order valence-electron chi connectivity index (χ1n) is 15.1. The molecule has 0 unspecified atom stereocenters. The summed E-state index contributed by atoms with van der Waals surface area (Å²) in [6, 6.07) is 8.55. The average Bonchev–Trinajstić information content (AvgIpc) is 3.72. The Bertz CT molecular complexity index is 1720. The highest BCUT2D eigenvalue weighted by Gasteiger charge is 2.34. The number of fused-ring (bicyclic) bond motifs is 2. The summed E-state index contributed by atoms with van der Waals surface area (Å²) >= 11 is 0. The summed E-state index contributed by atoms with van der Waals surface area (Å²) in [5.74, 6) is 1.45. The molecule has 3 fully saturated rings. The molecule has 11 nitrogen and oxygen atoms in total. The molecular weight excluding hydrogens is 565 g/mol. The smallest absolute Gasteiger partial charge is 0.254 e. The monoisotopic (exact) mass is 599 g/mol. The van der Waals surface area contributed by atoms with Crippen molar-refractivity contribution in [1.29, 1.82) is 0 Å². The summed E-state index contributed by atoms with van der Waals surface area (Å²) in [6.45, 7) is 5.01. The van der Waals surface area contributed by atoms with E-state index in [0.29, 0.717) is 48.4 Å². The predicted molar refractivity (Wildman–Crippen MR) is 161 cm³/mol. The number of hydrogen-bond donors (Lipinski definition) is 2. The molecule has 0 saturated carbocycles. The molecule has 1 aromatic carbocycles. The Morgan fingerprint density at radius 3 is 2.61 bits per heavy atom. The second-order valence-corrected chi connectivity index (χ2v) is 12.2. The Hall–Kier alpha value is -4.26. The van der Waals surface area contributed by atoms with Gasteiger partial charge in [-0.1, -0.05) is 6.07 Å². The normalized spacial score (nSPS) is 20.8. The minimum Gasteiger partial charge on any atom is -0.487 e. The van der Waals surface area contributed by atoms with Crippen molar-refractivity contribution in [2.75, 3.05) is 58.8 Å². The summed E-state index contributed by atoms with van der Waals surface area (Å²) in [7, 11) is 4.14. The van der Waals surface area contributed by atoms with E-state index in [4.69, 9.17) is 19.2 Å². The van der Waals surface area contributed by atoms with Crippen molar-refractivity contribution in [3.63, 3.8) is 0 Å². The zero-order valence-corrected chi connectivity index (χ0v) is 24.7. The zero-order valence-electron chi connectivity index (χ0n) is 24.7. The maximum Gasteiger partial charge on any atom is 0.254 e. The molecule has 2 N–H and O–H groups in total. The number of nitrogens with zero attached hydrogens (tertiary/aromatic N) is 5. The van der Waals surface area contributed by atoms with Gasteiger partial charge in [-0.05, 0) is 38.2 Å². The molecule has 8 rings (SSSR count). The first-order valence-corrected chi connectivity index (χ1v) is 15.1. The molecule has 44 heavy (non-hydrogen) atoms. The minimum atomic E-state index is -0.351. The number of rotatable bonds is 8. The number of anilines is 2. The quantitative estimate of drug-likeness (QED) is 0.315. The minimum absolute atomic E-state index is 0.0415. The largest absolute Gasteiger partial charge is 0.487 e. The lowest BCUT2D eigenvalue weighted by atomic mass is 9.97. The average molecular weight is 600 g/mol. The van der Waals surface area contributed by atoms with Crippen molar-refractivity contribution in [2.24, 2.45) is 0 Å². The fraction of sp³-hybridized carbons (Fsp3) is 0.406. The number of nitrogens with one attached hydrogen (secondary N) is 2. The molecule has 0 spiro atoms. The topological polar surface area (TPSA) is 105 Å². The molecule has 0 bridgehead atoms. The number of aromatic nitrogens is 3. The third kappa shape index (κ3) is 4.83. The van der Waals surface area contributed by atoms with Crippen LogP contribution in [-0.4, -0.2) is 95.8 Å². The van der Waals surface area contributed by atoms with Gasteiger partial charge >= 0.3 is 0 Å². The van der Waals surface area contributed by atoms with Crippen LogP contribution in [0, 0.1) is 5.82 Å². The van der Waals surface area contributed by atoms with Gasteiger partial charge in [0.05, 0.1) is 35.3 Å². The Balaban J connectivity index is 1.19. The zero-order chi connectivity index (χ0) is 29.9. The molecule has 12 heteroatoms. The first kappa shape index (κ1) is 27.3. The van der Waals surface area contributed by atoms with Crippen molar-refractivity contribution in [3.05, 3.63) is 65.2 Å². The maximum atomic E-state index is 13.8. The second kappa shape index (κ2) is 10.7.